The highest BCUT2D eigenvalue weighted by Gasteiger charge is 2.33. The van der Waals surface area contributed by atoms with Gasteiger partial charge < -0.3 is 19.7 Å². The van der Waals surface area contributed by atoms with Crippen LogP contribution in [0.4, 0.5) is 5.69 Å². The Hall–Kier alpha value is -3.57. The molecule has 226 valence electrons. The van der Waals surface area contributed by atoms with Gasteiger partial charge in [-0.3, -0.25) is 13.9 Å². The molecule has 0 saturated heterocycles. The normalized spacial score (nSPS) is 12.3. The molecule has 0 aromatic heterocycles. The fourth-order valence-corrected chi connectivity index (χ4v) is 5.80. The summed E-state index contributed by atoms with van der Waals surface area (Å²) in [4.78, 5) is 28.7. The van der Waals surface area contributed by atoms with Crippen LogP contribution in [0.2, 0.25) is 0 Å². The van der Waals surface area contributed by atoms with Gasteiger partial charge in [-0.05, 0) is 101 Å². The van der Waals surface area contributed by atoms with Crippen LogP contribution in [0.25, 0.3) is 0 Å². The summed E-state index contributed by atoms with van der Waals surface area (Å²) < 4.78 is 40.4. The van der Waals surface area contributed by atoms with Crippen molar-refractivity contribution in [2.75, 3.05) is 24.6 Å². The molecule has 3 aromatic carbocycles. The van der Waals surface area contributed by atoms with Crippen molar-refractivity contribution in [2.24, 2.45) is 0 Å². The molecule has 0 saturated carbocycles. The van der Waals surface area contributed by atoms with E-state index in [1.54, 1.807) is 74.7 Å². The molecule has 0 radical (unpaired) electrons. The molecule has 11 heteroatoms. The number of nitrogens with one attached hydrogen (secondary N) is 1. The molecular formula is C31H38BrN3O6S. The van der Waals surface area contributed by atoms with E-state index in [0.29, 0.717) is 18.1 Å². The van der Waals surface area contributed by atoms with Gasteiger partial charge in [0.05, 0.1) is 24.3 Å². The van der Waals surface area contributed by atoms with Crippen LogP contribution in [0, 0.1) is 0 Å². The monoisotopic (exact) mass is 659 g/mol. The average molecular weight is 661 g/mol. The highest BCUT2D eigenvalue weighted by molar-refractivity contribution is 9.10. The summed E-state index contributed by atoms with van der Waals surface area (Å²) in [7, 11) is -2.61. The van der Waals surface area contributed by atoms with Crippen molar-refractivity contribution >= 4 is 43.5 Å². The second-order valence-corrected chi connectivity index (χ2v) is 13.5. The Morgan fingerprint density at radius 2 is 1.50 bits per heavy atom. The van der Waals surface area contributed by atoms with Gasteiger partial charge in [-0.25, -0.2) is 8.42 Å². The minimum atomic E-state index is -4.17. The zero-order valence-corrected chi connectivity index (χ0v) is 27.2. The molecular weight excluding hydrogens is 622 g/mol. The van der Waals surface area contributed by atoms with Crippen molar-refractivity contribution in [3.63, 3.8) is 0 Å². The number of carbonyl (C=O) groups excluding carboxylic acids is 2. The van der Waals surface area contributed by atoms with Crippen LogP contribution in [0.3, 0.4) is 0 Å². The number of carbonyl (C=O) groups is 2. The van der Waals surface area contributed by atoms with Gasteiger partial charge in [0.15, 0.2) is 0 Å². The number of rotatable bonds is 12. The molecule has 2 amide bonds. The second kappa shape index (κ2) is 14.1. The maximum Gasteiger partial charge on any atom is 0.264 e. The maximum atomic E-state index is 14.1. The fraction of sp³-hybridized carbons (Fsp3) is 0.355. The number of hydrogen-bond donors (Lipinski definition) is 1. The van der Waals surface area contributed by atoms with Gasteiger partial charge in [0, 0.05) is 16.6 Å². The summed E-state index contributed by atoms with van der Waals surface area (Å²) in [5.74, 6) is 0.323. The van der Waals surface area contributed by atoms with Crippen LogP contribution in [0.5, 0.6) is 11.5 Å². The maximum absolute atomic E-state index is 14.1. The van der Waals surface area contributed by atoms with Crippen molar-refractivity contribution in [1.29, 1.82) is 0 Å². The van der Waals surface area contributed by atoms with E-state index in [-0.39, 0.29) is 23.0 Å². The number of benzene rings is 3. The molecule has 0 aliphatic heterocycles. The Kier molecular flexibility index (Phi) is 11.0. The highest BCUT2D eigenvalue weighted by Crippen LogP contribution is 2.27. The zero-order valence-electron chi connectivity index (χ0n) is 24.8. The first-order chi connectivity index (χ1) is 19.7. The Labute approximate surface area is 257 Å². The summed E-state index contributed by atoms with van der Waals surface area (Å²) >= 11 is 3.34. The summed E-state index contributed by atoms with van der Waals surface area (Å²) in [5, 5.41) is 2.92. The van der Waals surface area contributed by atoms with Crippen LogP contribution in [0.15, 0.2) is 82.2 Å². The van der Waals surface area contributed by atoms with Crippen LogP contribution >= 0.6 is 15.9 Å². The lowest BCUT2D eigenvalue weighted by Gasteiger charge is -2.33. The van der Waals surface area contributed by atoms with Gasteiger partial charge in [0.1, 0.15) is 24.1 Å². The van der Waals surface area contributed by atoms with E-state index in [1.165, 1.54) is 17.0 Å². The second-order valence-electron chi connectivity index (χ2n) is 10.7. The molecule has 3 rings (SSSR count). The lowest BCUT2D eigenvalue weighted by molar-refractivity contribution is -0.140. The van der Waals surface area contributed by atoms with E-state index in [2.05, 4.69) is 21.2 Å². The van der Waals surface area contributed by atoms with E-state index in [0.717, 1.165) is 14.3 Å². The first-order valence-corrected chi connectivity index (χ1v) is 15.7. The predicted octanol–water partition coefficient (Wildman–Crippen LogP) is 5.38. The Bertz CT molecular complexity index is 1450. The molecule has 3 aromatic rings. The minimum Gasteiger partial charge on any atom is -0.497 e. The van der Waals surface area contributed by atoms with Gasteiger partial charge >= 0.3 is 0 Å². The molecule has 0 bridgehead atoms. The fourth-order valence-electron chi connectivity index (χ4n) is 4.12. The number of halogens is 1. The third kappa shape index (κ3) is 8.72. The van der Waals surface area contributed by atoms with Crippen molar-refractivity contribution in [2.45, 2.75) is 57.6 Å². The van der Waals surface area contributed by atoms with E-state index in [9.17, 15) is 18.0 Å². The zero-order chi connectivity index (χ0) is 31.1. The highest BCUT2D eigenvalue weighted by atomic mass is 79.9. The first-order valence-electron chi connectivity index (χ1n) is 13.5. The molecule has 9 nitrogen and oxygen atoms in total. The largest absolute Gasteiger partial charge is 0.497 e. The predicted molar refractivity (Wildman–Crippen MR) is 167 cm³/mol. The topological polar surface area (TPSA) is 105 Å². The van der Waals surface area contributed by atoms with Crippen LogP contribution in [0.1, 0.15) is 40.2 Å². The number of amides is 2. The number of nitrogens with zero attached hydrogens (tertiary/aromatic N) is 2. The molecule has 1 N–H and O–H groups in total. The molecule has 0 heterocycles. The number of methoxy groups -OCH3 is 1. The number of sulfonamides is 1. The molecule has 0 unspecified atom stereocenters. The average Bonchev–Trinajstić information content (AvgIpc) is 2.94. The van der Waals surface area contributed by atoms with E-state index >= 15 is 0 Å². The quantitative estimate of drug-likeness (QED) is 0.280. The first kappa shape index (κ1) is 32.9. The molecule has 42 heavy (non-hydrogen) atoms. The number of anilines is 1. The number of ether oxygens (including phenoxy) is 2. The SMILES string of the molecule is CCOc1ccc(N(CC(=O)N(Cc2ccc(OC)cc2)[C@@H](C)C(=O)NC(C)(C)C)S(=O)(=O)c2ccc(Br)cc2)cc1. The van der Waals surface area contributed by atoms with Crippen LogP contribution in [-0.4, -0.2) is 57.0 Å². The van der Waals surface area contributed by atoms with Crippen molar-refractivity contribution in [3.05, 3.63) is 82.8 Å². The Morgan fingerprint density at radius 1 is 0.929 bits per heavy atom. The van der Waals surface area contributed by atoms with Crippen LogP contribution in [-0.2, 0) is 26.2 Å². The molecule has 0 aliphatic rings. The number of hydrogen-bond acceptors (Lipinski definition) is 6. The molecule has 0 spiro atoms. The van der Waals surface area contributed by atoms with Gasteiger partial charge in [-0.15, -0.1) is 0 Å². The Morgan fingerprint density at radius 3 is 2.02 bits per heavy atom. The van der Waals surface area contributed by atoms with Crippen molar-refractivity contribution in [1.82, 2.24) is 10.2 Å². The van der Waals surface area contributed by atoms with Gasteiger partial charge in [-0.2, -0.15) is 0 Å². The van der Waals surface area contributed by atoms with E-state index < -0.39 is 34.1 Å². The summed E-state index contributed by atoms with van der Waals surface area (Å²) in [6, 6.07) is 18.9. The third-order valence-electron chi connectivity index (χ3n) is 6.29. The van der Waals surface area contributed by atoms with Crippen LogP contribution < -0.4 is 19.1 Å². The van der Waals surface area contributed by atoms with Gasteiger partial charge in [0.25, 0.3) is 10.0 Å². The summed E-state index contributed by atoms with van der Waals surface area (Å²) in [6.07, 6.45) is 0. The summed E-state index contributed by atoms with van der Waals surface area (Å²) in [5.41, 5.74) is 0.508. The third-order valence-corrected chi connectivity index (χ3v) is 8.61. The lowest BCUT2D eigenvalue weighted by Crippen LogP contribution is -2.54. The van der Waals surface area contributed by atoms with Gasteiger partial charge in [0.2, 0.25) is 11.8 Å². The molecule has 1 atom stereocenters. The van der Waals surface area contributed by atoms with Crippen molar-refractivity contribution < 1.29 is 27.5 Å². The van der Waals surface area contributed by atoms with Gasteiger partial charge in [-0.1, -0.05) is 28.1 Å². The molecule has 0 aliphatic carbocycles. The molecule has 0 fully saturated rings. The lowest BCUT2D eigenvalue weighted by atomic mass is 10.1. The Balaban J connectivity index is 2.03. The minimum absolute atomic E-state index is 0.0209. The summed E-state index contributed by atoms with van der Waals surface area (Å²) in [6.45, 7) is 9.04. The van der Waals surface area contributed by atoms with E-state index in [4.69, 9.17) is 9.47 Å². The smallest absolute Gasteiger partial charge is 0.264 e. The van der Waals surface area contributed by atoms with E-state index in [1.807, 2.05) is 27.7 Å². The van der Waals surface area contributed by atoms with Crippen molar-refractivity contribution in [3.8, 4) is 11.5 Å². The standard InChI is InChI=1S/C31H38BrN3O6S/c1-7-41-27-16-12-25(13-17-27)35(42(38,39)28-18-10-24(32)11-19-28)21-29(36)34(22(2)30(37)33-31(3,4)5)20-23-8-14-26(40-6)15-9-23/h8-19,22H,7,20-21H2,1-6H3,(H,33,37)/t22-/m0/s1.